The van der Waals surface area contributed by atoms with Crippen LogP contribution in [0, 0.1) is 0 Å². The quantitative estimate of drug-likeness (QED) is 0.684. The highest BCUT2D eigenvalue weighted by molar-refractivity contribution is 9.12. The Morgan fingerprint density at radius 3 is 2.50 bits per heavy atom. The fraction of sp³-hybridized carbons (Fsp3) is 0.600. The maximum atomic E-state index is 11.5. The number of amides is 2. The van der Waals surface area contributed by atoms with Gasteiger partial charge in [0.05, 0.1) is 17.7 Å². The molecule has 0 atom stereocenters. The molecule has 88 valence electrons. The summed E-state index contributed by atoms with van der Waals surface area (Å²) in [5.74, 6) is -0.469. The van der Waals surface area contributed by atoms with Crippen molar-refractivity contribution in [3.8, 4) is 0 Å². The third kappa shape index (κ3) is 2.50. The predicted octanol–water partition coefficient (Wildman–Crippen LogP) is -0.0338. The van der Waals surface area contributed by atoms with Crippen LogP contribution in [-0.4, -0.2) is 61.0 Å². The van der Waals surface area contributed by atoms with E-state index in [2.05, 4.69) is 20.8 Å². The highest BCUT2D eigenvalue weighted by Gasteiger charge is 2.29. The van der Waals surface area contributed by atoms with Crippen molar-refractivity contribution in [2.45, 2.75) is 0 Å². The molecule has 0 saturated carbocycles. The van der Waals surface area contributed by atoms with Gasteiger partial charge in [-0.2, -0.15) is 0 Å². The standard InChI is InChI=1S/C10H13BrN2O3/c11-8-7-9(14)13(10(8)15)2-1-12-3-5-16-6-4-12/h7H,1-6H2. The summed E-state index contributed by atoms with van der Waals surface area (Å²) in [6.07, 6.45) is 1.32. The molecular weight excluding hydrogens is 276 g/mol. The van der Waals surface area contributed by atoms with Crippen molar-refractivity contribution in [1.29, 1.82) is 0 Å². The number of rotatable bonds is 3. The van der Waals surface area contributed by atoms with E-state index in [1.165, 1.54) is 11.0 Å². The van der Waals surface area contributed by atoms with Crippen molar-refractivity contribution >= 4 is 27.7 Å². The normalized spacial score (nSPS) is 22.8. The number of ether oxygens (including phenoxy) is 1. The van der Waals surface area contributed by atoms with Crippen LogP contribution in [0.15, 0.2) is 10.6 Å². The molecule has 0 aliphatic carbocycles. The molecule has 0 unspecified atom stereocenters. The number of nitrogens with zero attached hydrogens (tertiary/aromatic N) is 2. The van der Waals surface area contributed by atoms with Gasteiger partial charge >= 0.3 is 0 Å². The van der Waals surface area contributed by atoms with Gasteiger partial charge in [-0.3, -0.25) is 19.4 Å². The molecule has 6 heteroatoms. The van der Waals surface area contributed by atoms with Gasteiger partial charge in [0.2, 0.25) is 0 Å². The summed E-state index contributed by atoms with van der Waals surface area (Å²) in [4.78, 5) is 26.4. The molecule has 0 aromatic heterocycles. The lowest BCUT2D eigenvalue weighted by atomic mass is 10.4. The van der Waals surface area contributed by atoms with Crippen LogP contribution in [0.5, 0.6) is 0 Å². The van der Waals surface area contributed by atoms with Gasteiger partial charge in [-0.25, -0.2) is 0 Å². The third-order valence-corrected chi connectivity index (χ3v) is 3.28. The van der Waals surface area contributed by atoms with Crippen LogP contribution in [0.2, 0.25) is 0 Å². The van der Waals surface area contributed by atoms with E-state index in [9.17, 15) is 9.59 Å². The van der Waals surface area contributed by atoms with E-state index in [1.807, 2.05) is 0 Å². The summed E-state index contributed by atoms with van der Waals surface area (Å²) in [7, 11) is 0. The molecule has 2 aliphatic rings. The van der Waals surface area contributed by atoms with Gasteiger partial charge in [-0.05, 0) is 15.9 Å². The number of imide groups is 1. The first-order chi connectivity index (χ1) is 7.68. The van der Waals surface area contributed by atoms with Gasteiger partial charge in [0.15, 0.2) is 0 Å². The average Bonchev–Trinajstić information content (AvgIpc) is 2.53. The number of carbonyl (C=O) groups excluding carboxylic acids is 2. The second-order valence-corrected chi connectivity index (χ2v) is 4.60. The zero-order valence-corrected chi connectivity index (χ0v) is 10.4. The first-order valence-corrected chi connectivity index (χ1v) is 6.01. The highest BCUT2D eigenvalue weighted by Crippen LogP contribution is 2.17. The van der Waals surface area contributed by atoms with E-state index in [0.717, 1.165) is 32.8 Å². The Kier molecular flexibility index (Phi) is 3.73. The molecule has 2 amide bonds. The van der Waals surface area contributed by atoms with Crippen LogP contribution in [0.4, 0.5) is 0 Å². The van der Waals surface area contributed by atoms with Crippen molar-refractivity contribution in [2.24, 2.45) is 0 Å². The maximum Gasteiger partial charge on any atom is 0.267 e. The highest BCUT2D eigenvalue weighted by atomic mass is 79.9. The van der Waals surface area contributed by atoms with Gasteiger partial charge in [0.1, 0.15) is 0 Å². The zero-order valence-electron chi connectivity index (χ0n) is 8.82. The Morgan fingerprint density at radius 1 is 1.25 bits per heavy atom. The molecule has 0 aromatic carbocycles. The summed E-state index contributed by atoms with van der Waals surface area (Å²) >= 11 is 3.07. The molecule has 2 aliphatic heterocycles. The van der Waals surface area contributed by atoms with Gasteiger partial charge in [0, 0.05) is 32.3 Å². The number of halogens is 1. The second-order valence-electron chi connectivity index (χ2n) is 3.74. The van der Waals surface area contributed by atoms with Crippen LogP contribution in [0.25, 0.3) is 0 Å². The largest absolute Gasteiger partial charge is 0.379 e. The van der Waals surface area contributed by atoms with Gasteiger partial charge < -0.3 is 4.74 Å². The molecule has 5 nitrogen and oxygen atoms in total. The Hall–Kier alpha value is -0.720. The second kappa shape index (κ2) is 5.07. The Balaban J connectivity index is 1.82. The summed E-state index contributed by atoms with van der Waals surface area (Å²) in [5, 5.41) is 0. The Bertz CT molecular complexity index is 337. The van der Waals surface area contributed by atoms with Crippen LogP contribution < -0.4 is 0 Å². The van der Waals surface area contributed by atoms with Gasteiger partial charge in [-0.1, -0.05) is 0 Å². The van der Waals surface area contributed by atoms with Gasteiger partial charge in [0.25, 0.3) is 11.8 Å². The Morgan fingerprint density at radius 2 is 1.94 bits per heavy atom. The van der Waals surface area contributed by atoms with Crippen molar-refractivity contribution in [3.63, 3.8) is 0 Å². The van der Waals surface area contributed by atoms with Gasteiger partial charge in [-0.15, -0.1) is 0 Å². The number of hydrogen-bond donors (Lipinski definition) is 0. The maximum absolute atomic E-state index is 11.5. The molecule has 1 fully saturated rings. The summed E-state index contributed by atoms with van der Waals surface area (Å²) in [6, 6.07) is 0. The molecule has 0 aromatic rings. The summed E-state index contributed by atoms with van der Waals surface area (Å²) in [5.41, 5.74) is 0. The van der Waals surface area contributed by atoms with Crippen LogP contribution in [0.3, 0.4) is 0 Å². The summed E-state index contributed by atoms with van der Waals surface area (Å²) in [6.45, 7) is 4.35. The van der Waals surface area contributed by atoms with Crippen LogP contribution >= 0.6 is 15.9 Å². The van der Waals surface area contributed by atoms with Crippen molar-refractivity contribution in [3.05, 3.63) is 10.6 Å². The van der Waals surface area contributed by atoms with E-state index < -0.39 is 0 Å². The topological polar surface area (TPSA) is 49.9 Å². The molecule has 0 bridgehead atoms. The third-order valence-electron chi connectivity index (χ3n) is 2.71. The molecule has 2 heterocycles. The van der Waals surface area contributed by atoms with E-state index >= 15 is 0 Å². The monoisotopic (exact) mass is 288 g/mol. The van der Waals surface area contributed by atoms with Crippen molar-refractivity contribution in [1.82, 2.24) is 9.80 Å². The molecule has 0 radical (unpaired) electrons. The molecule has 0 spiro atoms. The average molecular weight is 289 g/mol. The molecular formula is C10H13BrN2O3. The minimum Gasteiger partial charge on any atom is -0.379 e. The minimum atomic E-state index is -0.238. The van der Waals surface area contributed by atoms with Crippen LogP contribution in [0.1, 0.15) is 0 Å². The SMILES string of the molecule is O=C1C=C(Br)C(=O)N1CCN1CCOCC1. The van der Waals surface area contributed by atoms with Crippen molar-refractivity contribution in [2.75, 3.05) is 39.4 Å². The fourth-order valence-electron chi connectivity index (χ4n) is 1.76. The lowest BCUT2D eigenvalue weighted by molar-refractivity contribution is -0.137. The lowest BCUT2D eigenvalue weighted by Gasteiger charge is -2.27. The van der Waals surface area contributed by atoms with E-state index in [4.69, 9.17) is 4.74 Å². The summed E-state index contributed by atoms with van der Waals surface area (Å²) < 4.78 is 5.57. The molecule has 1 saturated heterocycles. The zero-order chi connectivity index (χ0) is 11.5. The first kappa shape index (κ1) is 11.8. The fourth-order valence-corrected chi connectivity index (χ4v) is 2.16. The van der Waals surface area contributed by atoms with Crippen molar-refractivity contribution < 1.29 is 14.3 Å². The first-order valence-electron chi connectivity index (χ1n) is 5.21. The smallest absolute Gasteiger partial charge is 0.267 e. The number of morpholine rings is 1. The minimum absolute atomic E-state index is 0.231. The number of carbonyl (C=O) groups is 2. The lowest BCUT2D eigenvalue weighted by Crippen LogP contribution is -2.43. The van der Waals surface area contributed by atoms with E-state index in [-0.39, 0.29) is 11.8 Å². The van der Waals surface area contributed by atoms with Crippen LogP contribution in [-0.2, 0) is 14.3 Å². The van der Waals surface area contributed by atoms with E-state index in [1.54, 1.807) is 0 Å². The van der Waals surface area contributed by atoms with E-state index in [0.29, 0.717) is 11.0 Å². The molecule has 0 N–H and O–H groups in total. The molecule has 2 rings (SSSR count). The molecule has 16 heavy (non-hydrogen) atoms. The Labute approximate surface area is 102 Å². The number of hydrogen-bond acceptors (Lipinski definition) is 4. The predicted molar refractivity (Wildman–Crippen MR) is 61.0 cm³/mol.